The van der Waals surface area contributed by atoms with Crippen LogP contribution in [0.1, 0.15) is 11.1 Å². The van der Waals surface area contributed by atoms with Gasteiger partial charge in [-0.25, -0.2) is 0 Å². The highest BCUT2D eigenvalue weighted by Gasteiger charge is 2.05. The minimum absolute atomic E-state index is 0.492. The summed E-state index contributed by atoms with van der Waals surface area (Å²) in [6.45, 7) is 0. The van der Waals surface area contributed by atoms with Crippen molar-refractivity contribution in [3.63, 3.8) is 0 Å². The zero-order valence-electron chi connectivity index (χ0n) is 11.6. The standard InChI is InChI=1S/C16H12N4S2/c17-9-13-3-1-2-4-14(13)12-7-5-11(6-8-12)10-21-16-20-19-15(18)22-16/h1-8H,10H2,(H2,18,19). The van der Waals surface area contributed by atoms with Crippen LogP contribution >= 0.6 is 23.1 Å². The van der Waals surface area contributed by atoms with Gasteiger partial charge in [-0.15, -0.1) is 10.2 Å². The SMILES string of the molecule is N#Cc1ccccc1-c1ccc(CSc2nnc(N)s2)cc1. The summed E-state index contributed by atoms with van der Waals surface area (Å²) in [5.41, 5.74) is 9.45. The molecule has 22 heavy (non-hydrogen) atoms. The maximum Gasteiger partial charge on any atom is 0.203 e. The predicted molar refractivity (Wildman–Crippen MR) is 90.5 cm³/mol. The number of rotatable bonds is 4. The topological polar surface area (TPSA) is 75.6 Å². The van der Waals surface area contributed by atoms with Gasteiger partial charge in [-0.05, 0) is 22.8 Å². The first-order valence-corrected chi connectivity index (χ1v) is 8.36. The summed E-state index contributed by atoms with van der Waals surface area (Å²) in [4.78, 5) is 0. The van der Waals surface area contributed by atoms with Crippen molar-refractivity contribution in [2.45, 2.75) is 10.1 Å². The first kappa shape index (κ1) is 14.6. The maximum absolute atomic E-state index is 9.17. The van der Waals surface area contributed by atoms with Gasteiger partial charge in [0.05, 0.1) is 11.6 Å². The summed E-state index contributed by atoms with van der Waals surface area (Å²) in [5, 5.41) is 17.4. The second-order valence-corrected chi connectivity index (χ2v) is 6.78. The first-order valence-electron chi connectivity index (χ1n) is 6.56. The van der Waals surface area contributed by atoms with Crippen LogP contribution in [-0.4, -0.2) is 10.2 Å². The van der Waals surface area contributed by atoms with Crippen molar-refractivity contribution < 1.29 is 0 Å². The van der Waals surface area contributed by atoms with Gasteiger partial charge in [0, 0.05) is 5.75 Å². The lowest BCUT2D eigenvalue weighted by atomic mass is 10.00. The minimum Gasteiger partial charge on any atom is -0.374 e. The smallest absolute Gasteiger partial charge is 0.203 e. The molecule has 4 nitrogen and oxygen atoms in total. The summed E-state index contributed by atoms with van der Waals surface area (Å²) in [7, 11) is 0. The van der Waals surface area contributed by atoms with Crippen LogP contribution in [0.2, 0.25) is 0 Å². The molecule has 0 aliphatic heterocycles. The number of anilines is 1. The number of aromatic nitrogens is 2. The van der Waals surface area contributed by atoms with Gasteiger partial charge in [0.2, 0.25) is 5.13 Å². The molecule has 0 spiro atoms. The lowest BCUT2D eigenvalue weighted by Gasteiger charge is -2.05. The van der Waals surface area contributed by atoms with E-state index < -0.39 is 0 Å². The fourth-order valence-electron chi connectivity index (χ4n) is 2.04. The molecule has 2 N–H and O–H groups in total. The molecule has 0 aliphatic carbocycles. The molecule has 0 unspecified atom stereocenters. The Kier molecular flexibility index (Phi) is 4.37. The Bertz CT molecular complexity index is 819. The monoisotopic (exact) mass is 324 g/mol. The lowest BCUT2D eigenvalue weighted by molar-refractivity contribution is 1.02. The van der Waals surface area contributed by atoms with E-state index >= 15 is 0 Å². The number of hydrogen-bond donors (Lipinski definition) is 1. The number of nitrogen functional groups attached to an aromatic ring is 1. The van der Waals surface area contributed by atoms with Crippen LogP contribution in [0.25, 0.3) is 11.1 Å². The molecule has 1 heterocycles. The molecular formula is C16H12N4S2. The summed E-state index contributed by atoms with van der Waals surface area (Å²) < 4.78 is 0.872. The minimum atomic E-state index is 0.492. The van der Waals surface area contributed by atoms with E-state index in [1.54, 1.807) is 11.8 Å². The Hall–Kier alpha value is -2.36. The van der Waals surface area contributed by atoms with E-state index in [0.717, 1.165) is 21.2 Å². The van der Waals surface area contributed by atoms with E-state index in [-0.39, 0.29) is 0 Å². The third-order valence-electron chi connectivity index (χ3n) is 3.10. The van der Waals surface area contributed by atoms with Crippen molar-refractivity contribution in [2.75, 3.05) is 5.73 Å². The molecule has 0 bridgehead atoms. The fraction of sp³-hybridized carbons (Fsp3) is 0.0625. The van der Waals surface area contributed by atoms with E-state index in [1.165, 1.54) is 16.9 Å². The molecule has 2 aromatic carbocycles. The Morgan fingerprint density at radius 1 is 1.09 bits per heavy atom. The second-order valence-electron chi connectivity index (χ2n) is 4.55. The summed E-state index contributed by atoms with van der Waals surface area (Å²) in [6.07, 6.45) is 0. The lowest BCUT2D eigenvalue weighted by Crippen LogP contribution is -1.85. The molecule has 6 heteroatoms. The van der Waals surface area contributed by atoms with E-state index in [4.69, 9.17) is 5.73 Å². The Morgan fingerprint density at radius 3 is 2.55 bits per heavy atom. The number of nitrogens with two attached hydrogens (primary N) is 1. The average molecular weight is 324 g/mol. The van der Waals surface area contributed by atoms with Crippen LogP contribution in [-0.2, 0) is 5.75 Å². The number of benzene rings is 2. The molecule has 0 radical (unpaired) electrons. The molecule has 0 fully saturated rings. The average Bonchev–Trinajstić information content (AvgIpc) is 2.99. The van der Waals surface area contributed by atoms with Crippen molar-refractivity contribution in [1.82, 2.24) is 10.2 Å². The number of nitriles is 1. The van der Waals surface area contributed by atoms with Gasteiger partial charge in [0.15, 0.2) is 4.34 Å². The third-order valence-corrected chi connectivity index (χ3v) is 5.05. The van der Waals surface area contributed by atoms with Crippen molar-refractivity contribution in [2.24, 2.45) is 0 Å². The van der Waals surface area contributed by atoms with Gasteiger partial charge in [-0.2, -0.15) is 5.26 Å². The van der Waals surface area contributed by atoms with Gasteiger partial charge in [-0.3, -0.25) is 0 Å². The summed E-state index contributed by atoms with van der Waals surface area (Å²) >= 11 is 3.01. The van der Waals surface area contributed by atoms with Crippen LogP contribution in [0.3, 0.4) is 0 Å². The summed E-state index contributed by atoms with van der Waals surface area (Å²) in [6, 6.07) is 18.1. The van der Waals surface area contributed by atoms with Crippen molar-refractivity contribution in [3.8, 4) is 17.2 Å². The molecule has 3 aromatic rings. The van der Waals surface area contributed by atoms with Crippen molar-refractivity contribution in [3.05, 3.63) is 59.7 Å². The number of nitrogens with zero attached hydrogens (tertiary/aromatic N) is 3. The Morgan fingerprint density at radius 2 is 1.86 bits per heavy atom. The summed E-state index contributed by atoms with van der Waals surface area (Å²) in [5.74, 6) is 0.814. The van der Waals surface area contributed by atoms with Gasteiger partial charge >= 0.3 is 0 Å². The fourth-order valence-corrected chi connectivity index (χ4v) is 3.63. The third kappa shape index (κ3) is 3.27. The Labute approximate surface area is 136 Å². The zero-order valence-corrected chi connectivity index (χ0v) is 13.2. The highest BCUT2D eigenvalue weighted by molar-refractivity contribution is 8.00. The molecule has 108 valence electrons. The predicted octanol–water partition coefficient (Wildman–Crippen LogP) is 3.95. The van der Waals surface area contributed by atoms with Crippen LogP contribution in [0.15, 0.2) is 52.9 Å². The molecular weight excluding hydrogens is 312 g/mol. The van der Waals surface area contributed by atoms with Crippen LogP contribution in [0.5, 0.6) is 0 Å². The maximum atomic E-state index is 9.17. The molecule has 0 saturated carbocycles. The van der Waals surface area contributed by atoms with Crippen molar-refractivity contribution in [1.29, 1.82) is 5.26 Å². The van der Waals surface area contributed by atoms with Crippen molar-refractivity contribution >= 4 is 28.2 Å². The van der Waals surface area contributed by atoms with E-state index in [2.05, 4.69) is 28.4 Å². The van der Waals surface area contributed by atoms with E-state index in [1.807, 2.05) is 36.4 Å². The molecule has 0 atom stereocenters. The highest BCUT2D eigenvalue weighted by Crippen LogP contribution is 2.28. The van der Waals surface area contributed by atoms with Gasteiger partial charge in [-0.1, -0.05) is 65.6 Å². The molecule has 1 aromatic heterocycles. The normalized spacial score (nSPS) is 10.3. The van der Waals surface area contributed by atoms with E-state index in [0.29, 0.717) is 10.7 Å². The zero-order chi connectivity index (χ0) is 15.4. The Balaban J connectivity index is 1.74. The van der Waals surface area contributed by atoms with E-state index in [9.17, 15) is 5.26 Å². The van der Waals surface area contributed by atoms with Crippen LogP contribution in [0.4, 0.5) is 5.13 Å². The molecule has 0 amide bonds. The van der Waals surface area contributed by atoms with Gasteiger partial charge in [0.25, 0.3) is 0 Å². The number of hydrogen-bond acceptors (Lipinski definition) is 6. The molecule has 0 aliphatic rings. The molecule has 3 rings (SSSR count). The number of thioether (sulfide) groups is 1. The second kappa shape index (κ2) is 6.60. The van der Waals surface area contributed by atoms with Crippen LogP contribution in [0, 0.1) is 11.3 Å². The van der Waals surface area contributed by atoms with Crippen LogP contribution < -0.4 is 5.73 Å². The van der Waals surface area contributed by atoms with Gasteiger partial charge < -0.3 is 5.73 Å². The highest BCUT2D eigenvalue weighted by atomic mass is 32.2. The first-order chi connectivity index (χ1) is 10.8. The van der Waals surface area contributed by atoms with Gasteiger partial charge in [0.1, 0.15) is 0 Å². The largest absolute Gasteiger partial charge is 0.374 e. The quantitative estimate of drug-likeness (QED) is 0.735. The molecule has 0 saturated heterocycles.